The van der Waals surface area contributed by atoms with Crippen molar-refractivity contribution in [2.24, 2.45) is 0 Å². The first-order valence-electron chi connectivity index (χ1n) is 6.14. The lowest BCUT2D eigenvalue weighted by molar-refractivity contribution is 0.197. The third-order valence-corrected chi connectivity index (χ3v) is 2.64. The van der Waals surface area contributed by atoms with Crippen LogP contribution >= 0.6 is 0 Å². The molecule has 0 fully saturated rings. The molecule has 0 saturated heterocycles. The largest absolute Gasteiger partial charge is 0.481 e. The molecule has 0 unspecified atom stereocenters. The fraction of sp³-hybridized carbons (Fsp3) is 0.615. The maximum absolute atomic E-state index is 5.23. The number of hydrogen-bond acceptors (Lipinski definition) is 5. The Morgan fingerprint density at radius 2 is 2.17 bits per heavy atom. The van der Waals surface area contributed by atoms with E-state index in [2.05, 4.69) is 22.2 Å². The fourth-order valence-corrected chi connectivity index (χ4v) is 1.67. The molecular formula is C13H23N3O2. The van der Waals surface area contributed by atoms with Gasteiger partial charge in [-0.2, -0.15) is 0 Å². The SMILES string of the molecule is COCCNCCN(C)Cc1cccnc1OC. The van der Waals surface area contributed by atoms with Crippen molar-refractivity contribution in [3.63, 3.8) is 0 Å². The van der Waals surface area contributed by atoms with Crippen molar-refractivity contribution in [2.45, 2.75) is 6.54 Å². The molecule has 18 heavy (non-hydrogen) atoms. The van der Waals surface area contributed by atoms with E-state index in [4.69, 9.17) is 9.47 Å². The van der Waals surface area contributed by atoms with Crippen LogP contribution in [0.25, 0.3) is 0 Å². The summed E-state index contributed by atoms with van der Waals surface area (Å²) in [6.45, 7) is 4.40. The second-order valence-electron chi connectivity index (χ2n) is 4.15. The highest BCUT2D eigenvalue weighted by molar-refractivity contribution is 5.24. The Hall–Kier alpha value is -1.17. The molecule has 1 rings (SSSR count). The molecule has 0 bridgehead atoms. The van der Waals surface area contributed by atoms with Crippen LogP contribution in [0.1, 0.15) is 5.56 Å². The Labute approximate surface area is 109 Å². The molecule has 0 aliphatic heterocycles. The highest BCUT2D eigenvalue weighted by Gasteiger charge is 2.06. The lowest BCUT2D eigenvalue weighted by atomic mass is 10.2. The molecule has 0 saturated carbocycles. The van der Waals surface area contributed by atoms with Crippen LogP contribution in [-0.4, -0.2) is 57.4 Å². The quantitative estimate of drug-likeness (QED) is 0.658. The van der Waals surface area contributed by atoms with Crippen molar-refractivity contribution in [3.05, 3.63) is 23.9 Å². The summed E-state index contributed by atoms with van der Waals surface area (Å²) in [6.07, 6.45) is 1.74. The zero-order valence-corrected chi connectivity index (χ0v) is 11.5. The zero-order chi connectivity index (χ0) is 13.2. The van der Waals surface area contributed by atoms with E-state index in [1.807, 2.05) is 12.1 Å². The van der Waals surface area contributed by atoms with Gasteiger partial charge >= 0.3 is 0 Å². The number of aromatic nitrogens is 1. The molecule has 1 heterocycles. The maximum atomic E-state index is 5.23. The summed E-state index contributed by atoms with van der Waals surface area (Å²) in [5.41, 5.74) is 1.11. The third kappa shape index (κ3) is 5.44. The van der Waals surface area contributed by atoms with Crippen LogP contribution in [0.5, 0.6) is 5.88 Å². The van der Waals surface area contributed by atoms with E-state index in [-0.39, 0.29) is 0 Å². The third-order valence-electron chi connectivity index (χ3n) is 2.64. The smallest absolute Gasteiger partial charge is 0.217 e. The average Bonchev–Trinajstić information content (AvgIpc) is 2.39. The number of methoxy groups -OCH3 is 2. The molecule has 0 spiro atoms. The van der Waals surface area contributed by atoms with Gasteiger partial charge in [-0.3, -0.25) is 0 Å². The monoisotopic (exact) mass is 253 g/mol. The molecule has 5 heteroatoms. The van der Waals surface area contributed by atoms with Gasteiger partial charge in [-0.05, 0) is 13.1 Å². The minimum absolute atomic E-state index is 0.705. The highest BCUT2D eigenvalue weighted by Crippen LogP contribution is 2.14. The van der Waals surface area contributed by atoms with Crippen LogP contribution in [0, 0.1) is 0 Å². The van der Waals surface area contributed by atoms with Gasteiger partial charge in [0.05, 0.1) is 13.7 Å². The summed E-state index contributed by atoms with van der Waals surface area (Å²) < 4.78 is 10.2. The Bertz CT molecular complexity index is 334. The number of rotatable bonds is 9. The van der Waals surface area contributed by atoms with Crippen LogP contribution in [0.2, 0.25) is 0 Å². The van der Waals surface area contributed by atoms with Crippen LogP contribution in [0.4, 0.5) is 0 Å². The molecule has 102 valence electrons. The normalized spacial score (nSPS) is 10.9. The Balaban J connectivity index is 2.28. The van der Waals surface area contributed by atoms with Crippen LogP contribution in [0.3, 0.4) is 0 Å². The van der Waals surface area contributed by atoms with Crippen molar-refractivity contribution in [1.29, 1.82) is 0 Å². The van der Waals surface area contributed by atoms with Gasteiger partial charge in [0.2, 0.25) is 5.88 Å². The molecule has 5 nitrogen and oxygen atoms in total. The molecular weight excluding hydrogens is 230 g/mol. The Morgan fingerprint density at radius 3 is 2.89 bits per heavy atom. The minimum Gasteiger partial charge on any atom is -0.481 e. The van der Waals surface area contributed by atoms with Gasteiger partial charge in [-0.15, -0.1) is 0 Å². The van der Waals surface area contributed by atoms with Crippen molar-refractivity contribution in [1.82, 2.24) is 15.2 Å². The van der Waals surface area contributed by atoms with E-state index in [9.17, 15) is 0 Å². The number of hydrogen-bond donors (Lipinski definition) is 1. The number of pyridine rings is 1. The van der Waals surface area contributed by atoms with E-state index < -0.39 is 0 Å². The van der Waals surface area contributed by atoms with E-state index in [1.54, 1.807) is 20.4 Å². The first-order chi connectivity index (χ1) is 8.77. The van der Waals surface area contributed by atoms with Crippen molar-refractivity contribution < 1.29 is 9.47 Å². The van der Waals surface area contributed by atoms with Gasteiger partial charge in [0.15, 0.2) is 0 Å². The van der Waals surface area contributed by atoms with Crippen LogP contribution in [0.15, 0.2) is 18.3 Å². The highest BCUT2D eigenvalue weighted by atomic mass is 16.5. The topological polar surface area (TPSA) is 46.6 Å². The Morgan fingerprint density at radius 1 is 1.33 bits per heavy atom. The second kappa shape index (κ2) is 8.85. The summed E-state index contributed by atoms with van der Waals surface area (Å²) in [4.78, 5) is 6.43. The molecule has 1 N–H and O–H groups in total. The molecule has 0 amide bonds. The summed E-state index contributed by atoms with van der Waals surface area (Å²) in [7, 11) is 5.45. The summed E-state index contributed by atoms with van der Waals surface area (Å²) in [6, 6.07) is 3.98. The lowest BCUT2D eigenvalue weighted by Gasteiger charge is -2.18. The molecule has 0 atom stereocenters. The fourth-order valence-electron chi connectivity index (χ4n) is 1.67. The molecule has 1 aromatic rings. The van der Waals surface area contributed by atoms with Crippen LogP contribution in [-0.2, 0) is 11.3 Å². The number of ether oxygens (including phenoxy) is 2. The van der Waals surface area contributed by atoms with Gasteiger partial charge in [0, 0.05) is 45.0 Å². The summed E-state index contributed by atoms with van der Waals surface area (Å²) in [5.74, 6) is 0.705. The molecule has 0 aliphatic carbocycles. The van der Waals surface area contributed by atoms with Crippen molar-refractivity contribution >= 4 is 0 Å². The first-order valence-corrected chi connectivity index (χ1v) is 6.14. The number of likely N-dealkylation sites (N-methyl/N-ethyl adjacent to an activating group) is 1. The van der Waals surface area contributed by atoms with Crippen molar-refractivity contribution in [3.8, 4) is 5.88 Å². The molecule has 0 aliphatic rings. The van der Waals surface area contributed by atoms with E-state index in [0.717, 1.165) is 38.3 Å². The maximum Gasteiger partial charge on any atom is 0.217 e. The first kappa shape index (κ1) is 14.9. The van der Waals surface area contributed by atoms with Gasteiger partial charge in [0.1, 0.15) is 0 Å². The number of nitrogens with zero attached hydrogens (tertiary/aromatic N) is 2. The van der Waals surface area contributed by atoms with Crippen LogP contribution < -0.4 is 10.1 Å². The van der Waals surface area contributed by atoms with E-state index >= 15 is 0 Å². The van der Waals surface area contributed by atoms with Crippen molar-refractivity contribution in [2.75, 3.05) is 47.5 Å². The van der Waals surface area contributed by atoms with E-state index in [1.165, 1.54) is 0 Å². The minimum atomic E-state index is 0.705. The predicted molar refractivity (Wildman–Crippen MR) is 71.9 cm³/mol. The second-order valence-corrected chi connectivity index (χ2v) is 4.15. The van der Waals surface area contributed by atoms with Gasteiger partial charge in [-0.25, -0.2) is 4.98 Å². The Kier molecular flexibility index (Phi) is 7.32. The predicted octanol–water partition coefficient (Wildman–Crippen LogP) is 0.758. The molecule has 0 aromatic carbocycles. The zero-order valence-electron chi connectivity index (χ0n) is 11.5. The molecule has 1 aromatic heterocycles. The lowest BCUT2D eigenvalue weighted by Crippen LogP contribution is -2.30. The van der Waals surface area contributed by atoms with Gasteiger partial charge in [0.25, 0.3) is 0 Å². The van der Waals surface area contributed by atoms with Gasteiger partial charge in [-0.1, -0.05) is 6.07 Å². The standard InChI is InChI=1S/C13H23N3O2/c1-16(9-7-14-8-10-17-2)11-12-5-4-6-15-13(12)18-3/h4-6,14H,7-11H2,1-3H3. The number of nitrogens with one attached hydrogen (secondary N) is 1. The summed E-state index contributed by atoms with van der Waals surface area (Å²) in [5, 5.41) is 3.32. The average molecular weight is 253 g/mol. The molecule has 0 radical (unpaired) electrons. The van der Waals surface area contributed by atoms with Gasteiger partial charge < -0.3 is 19.7 Å². The summed E-state index contributed by atoms with van der Waals surface area (Å²) >= 11 is 0. The van der Waals surface area contributed by atoms with E-state index in [0.29, 0.717) is 5.88 Å².